The van der Waals surface area contributed by atoms with Gasteiger partial charge >= 0.3 is 0 Å². The monoisotopic (exact) mass is 347 g/mol. The van der Waals surface area contributed by atoms with Crippen LogP contribution in [0.5, 0.6) is 0 Å². The Bertz CT molecular complexity index is 722. The number of fused-ring (bicyclic) bond motifs is 1. The first-order valence-electron chi connectivity index (χ1n) is 8.37. The normalized spacial score (nSPS) is 18.7. The number of hydrogen-bond donors (Lipinski definition) is 2. The molecule has 24 heavy (non-hydrogen) atoms. The number of pyridine rings is 1. The van der Waals surface area contributed by atoms with E-state index in [2.05, 4.69) is 15.2 Å². The maximum absolute atomic E-state index is 12.3. The summed E-state index contributed by atoms with van der Waals surface area (Å²) < 4.78 is 0. The molecule has 5 nitrogen and oxygen atoms in total. The number of benzene rings is 1. The van der Waals surface area contributed by atoms with E-state index in [9.17, 15) is 9.90 Å². The molecular formula is C18H22ClN3O2. The predicted molar refractivity (Wildman–Crippen MR) is 95.4 cm³/mol. The molecule has 1 aromatic carbocycles. The van der Waals surface area contributed by atoms with Crippen molar-refractivity contribution in [2.45, 2.75) is 25.3 Å². The highest BCUT2D eigenvalue weighted by Gasteiger charge is 2.21. The highest BCUT2D eigenvalue weighted by Crippen LogP contribution is 2.21. The van der Waals surface area contributed by atoms with E-state index in [1.807, 2.05) is 18.2 Å². The van der Waals surface area contributed by atoms with Crippen LogP contribution in [0.2, 0.25) is 5.02 Å². The molecule has 6 heteroatoms. The molecule has 0 saturated carbocycles. The molecule has 2 heterocycles. The predicted octanol–water partition coefficient (Wildman–Crippen LogP) is 2.46. The van der Waals surface area contributed by atoms with Gasteiger partial charge in [0.15, 0.2) is 0 Å². The number of nitrogens with zero attached hydrogens (tertiary/aromatic N) is 2. The van der Waals surface area contributed by atoms with Gasteiger partial charge in [-0.2, -0.15) is 0 Å². The topological polar surface area (TPSA) is 65.5 Å². The molecule has 2 aromatic rings. The Morgan fingerprint density at radius 2 is 2.21 bits per heavy atom. The summed E-state index contributed by atoms with van der Waals surface area (Å²) in [6.07, 6.45) is 3.33. The van der Waals surface area contributed by atoms with Crippen LogP contribution >= 0.6 is 11.6 Å². The van der Waals surface area contributed by atoms with Gasteiger partial charge in [0.2, 0.25) is 0 Å². The van der Waals surface area contributed by atoms with Crippen molar-refractivity contribution in [2.75, 3.05) is 26.2 Å². The molecule has 2 N–H and O–H groups in total. The number of halogens is 1. The van der Waals surface area contributed by atoms with Crippen molar-refractivity contribution >= 4 is 28.4 Å². The molecule has 1 fully saturated rings. The van der Waals surface area contributed by atoms with Crippen molar-refractivity contribution in [1.82, 2.24) is 15.2 Å². The van der Waals surface area contributed by atoms with Crippen LogP contribution in [0.4, 0.5) is 0 Å². The molecular weight excluding hydrogens is 326 g/mol. The van der Waals surface area contributed by atoms with Gasteiger partial charge in [-0.15, -0.1) is 0 Å². The second-order valence-electron chi connectivity index (χ2n) is 6.13. The lowest BCUT2D eigenvalue weighted by Gasteiger charge is -2.34. The molecule has 0 unspecified atom stereocenters. The summed E-state index contributed by atoms with van der Waals surface area (Å²) in [5.74, 6) is -0.200. The summed E-state index contributed by atoms with van der Waals surface area (Å²) in [6, 6.07) is 9.34. The minimum atomic E-state index is -0.200. The van der Waals surface area contributed by atoms with E-state index < -0.39 is 0 Å². The van der Waals surface area contributed by atoms with Gasteiger partial charge in [0.25, 0.3) is 5.91 Å². The Morgan fingerprint density at radius 3 is 3.04 bits per heavy atom. The van der Waals surface area contributed by atoms with Crippen molar-refractivity contribution in [3.8, 4) is 0 Å². The molecule has 0 radical (unpaired) electrons. The van der Waals surface area contributed by atoms with Gasteiger partial charge in [-0.25, -0.2) is 4.98 Å². The Morgan fingerprint density at radius 1 is 1.33 bits per heavy atom. The first-order valence-corrected chi connectivity index (χ1v) is 8.75. The number of piperidine rings is 1. The van der Waals surface area contributed by atoms with Crippen molar-refractivity contribution < 1.29 is 9.90 Å². The highest BCUT2D eigenvalue weighted by atomic mass is 35.5. The van der Waals surface area contributed by atoms with E-state index in [0.29, 0.717) is 22.8 Å². The molecule has 1 atom stereocenters. The Kier molecular flexibility index (Phi) is 5.66. The van der Waals surface area contributed by atoms with Gasteiger partial charge in [-0.3, -0.25) is 9.69 Å². The van der Waals surface area contributed by atoms with Crippen LogP contribution in [0.1, 0.15) is 29.8 Å². The molecule has 3 rings (SSSR count). The number of hydrogen-bond acceptors (Lipinski definition) is 4. The lowest BCUT2D eigenvalue weighted by Crippen LogP contribution is -2.45. The summed E-state index contributed by atoms with van der Waals surface area (Å²) in [5.41, 5.74) is 1.01. The maximum atomic E-state index is 12.3. The van der Waals surface area contributed by atoms with Crippen molar-refractivity contribution in [1.29, 1.82) is 0 Å². The molecule has 1 saturated heterocycles. The van der Waals surface area contributed by atoms with Gasteiger partial charge in [0.05, 0.1) is 17.1 Å². The summed E-state index contributed by atoms with van der Waals surface area (Å²) in [7, 11) is 0. The average Bonchev–Trinajstić information content (AvgIpc) is 2.62. The minimum absolute atomic E-state index is 0.179. The zero-order valence-electron chi connectivity index (χ0n) is 13.5. The van der Waals surface area contributed by atoms with E-state index in [4.69, 9.17) is 11.6 Å². The van der Waals surface area contributed by atoms with Gasteiger partial charge in [0, 0.05) is 24.5 Å². The summed E-state index contributed by atoms with van der Waals surface area (Å²) >= 11 is 6.15. The Labute approximate surface area is 146 Å². The van der Waals surface area contributed by atoms with Gasteiger partial charge in [-0.05, 0) is 31.5 Å². The Balaban J connectivity index is 1.60. The third-order valence-electron chi connectivity index (χ3n) is 4.55. The highest BCUT2D eigenvalue weighted by molar-refractivity contribution is 6.35. The van der Waals surface area contributed by atoms with Crippen LogP contribution in [0.15, 0.2) is 30.3 Å². The molecule has 128 valence electrons. The number of aliphatic hydroxyl groups excluding tert-OH is 1. The molecule has 0 bridgehead atoms. The average molecular weight is 348 g/mol. The van der Waals surface area contributed by atoms with E-state index in [1.54, 1.807) is 12.1 Å². The fraction of sp³-hybridized carbons (Fsp3) is 0.444. The van der Waals surface area contributed by atoms with E-state index in [-0.39, 0.29) is 18.6 Å². The molecule has 1 aromatic heterocycles. The van der Waals surface area contributed by atoms with Crippen molar-refractivity contribution in [2.24, 2.45) is 0 Å². The number of aromatic nitrogens is 1. The van der Waals surface area contributed by atoms with Crippen LogP contribution in [0.3, 0.4) is 0 Å². The molecule has 1 aliphatic heterocycles. The van der Waals surface area contributed by atoms with E-state index in [0.717, 1.165) is 37.7 Å². The number of para-hydroxylation sites is 1. The number of carbonyl (C=O) groups excluding carboxylic acids is 1. The molecule has 0 aliphatic carbocycles. The maximum Gasteiger partial charge on any atom is 0.269 e. The number of amides is 1. The SMILES string of the molecule is O=C(NCCN1CCCC[C@H]1CO)c1ccc2cccc(Cl)c2n1. The van der Waals surface area contributed by atoms with Gasteiger partial charge in [-0.1, -0.05) is 36.2 Å². The number of rotatable bonds is 5. The largest absolute Gasteiger partial charge is 0.395 e. The summed E-state index contributed by atoms with van der Waals surface area (Å²) in [4.78, 5) is 18.9. The standard InChI is InChI=1S/C18H22ClN3O2/c19-15-6-3-4-13-7-8-16(21-17(13)15)18(24)20-9-11-22-10-2-1-5-14(22)12-23/h3-4,6-8,14,23H,1-2,5,9-12H2,(H,20,24)/t14-/m0/s1. The van der Waals surface area contributed by atoms with Gasteiger partial charge in [0.1, 0.15) is 5.69 Å². The lowest BCUT2D eigenvalue weighted by molar-refractivity contribution is 0.0847. The van der Waals surface area contributed by atoms with Crippen LogP contribution < -0.4 is 5.32 Å². The minimum Gasteiger partial charge on any atom is -0.395 e. The fourth-order valence-electron chi connectivity index (χ4n) is 3.20. The van der Waals surface area contributed by atoms with Crippen LogP contribution in [0, 0.1) is 0 Å². The smallest absolute Gasteiger partial charge is 0.269 e. The van der Waals surface area contributed by atoms with E-state index in [1.165, 1.54) is 0 Å². The zero-order chi connectivity index (χ0) is 16.9. The van der Waals surface area contributed by atoms with Crippen LogP contribution in [-0.4, -0.2) is 53.2 Å². The molecule has 1 amide bonds. The molecule has 1 aliphatic rings. The quantitative estimate of drug-likeness (QED) is 0.872. The van der Waals surface area contributed by atoms with Crippen LogP contribution in [-0.2, 0) is 0 Å². The number of nitrogens with one attached hydrogen (secondary N) is 1. The number of aliphatic hydroxyl groups is 1. The van der Waals surface area contributed by atoms with E-state index >= 15 is 0 Å². The zero-order valence-corrected chi connectivity index (χ0v) is 14.3. The third kappa shape index (κ3) is 3.86. The number of likely N-dealkylation sites (tertiary alicyclic amines) is 1. The third-order valence-corrected chi connectivity index (χ3v) is 4.85. The summed E-state index contributed by atoms with van der Waals surface area (Å²) in [6.45, 7) is 2.44. The Hall–Kier alpha value is -1.69. The lowest BCUT2D eigenvalue weighted by atomic mass is 10.0. The first-order chi connectivity index (χ1) is 11.7. The first kappa shape index (κ1) is 17.1. The van der Waals surface area contributed by atoms with Crippen LogP contribution in [0.25, 0.3) is 10.9 Å². The number of carbonyl (C=O) groups is 1. The fourth-order valence-corrected chi connectivity index (χ4v) is 3.43. The van der Waals surface area contributed by atoms with Crippen molar-refractivity contribution in [3.05, 3.63) is 41.0 Å². The molecule has 0 spiro atoms. The van der Waals surface area contributed by atoms with Gasteiger partial charge < -0.3 is 10.4 Å². The second-order valence-corrected chi connectivity index (χ2v) is 6.54. The second kappa shape index (κ2) is 7.92. The van der Waals surface area contributed by atoms with Crippen molar-refractivity contribution in [3.63, 3.8) is 0 Å². The summed E-state index contributed by atoms with van der Waals surface area (Å²) in [5, 5.41) is 13.8.